The molecule has 1 saturated carbocycles. The van der Waals surface area contributed by atoms with E-state index in [-0.39, 0.29) is 6.04 Å². The highest BCUT2D eigenvalue weighted by atomic mass is 16.1. The van der Waals surface area contributed by atoms with E-state index in [1.165, 1.54) is 32.1 Å². The predicted octanol–water partition coefficient (Wildman–Crippen LogP) is 4.44. The summed E-state index contributed by atoms with van der Waals surface area (Å²) in [7, 11) is 0. The van der Waals surface area contributed by atoms with E-state index in [9.17, 15) is 4.79 Å². The van der Waals surface area contributed by atoms with Crippen molar-refractivity contribution in [1.29, 1.82) is 0 Å². The Labute approximate surface area is 138 Å². The molecule has 130 valence electrons. The molecule has 1 fully saturated rings. The number of allylic oxidation sites excluding steroid dienone is 1. The molecule has 1 aliphatic carbocycles. The summed E-state index contributed by atoms with van der Waals surface area (Å²) in [6.45, 7) is 15.1. The van der Waals surface area contributed by atoms with Gasteiger partial charge in [-0.2, -0.15) is 0 Å². The number of rotatable bonds is 5. The molecule has 0 spiro atoms. The van der Waals surface area contributed by atoms with Crippen LogP contribution in [0.4, 0.5) is 0 Å². The van der Waals surface area contributed by atoms with E-state index >= 15 is 0 Å². The maximum Gasteiger partial charge on any atom is 0.207 e. The van der Waals surface area contributed by atoms with Gasteiger partial charge in [0.15, 0.2) is 0 Å². The van der Waals surface area contributed by atoms with Crippen LogP contribution in [0.25, 0.3) is 0 Å². The monoisotopic (exact) mass is 310 g/mol. The Morgan fingerprint density at radius 1 is 1.32 bits per heavy atom. The van der Waals surface area contributed by atoms with Gasteiger partial charge in [0.25, 0.3) is 0 Å². The second-order valence-electron chi connectivity index (χ2n) is 6.29. The van der Waals surface area contributed by atoms with Gasteiger partial charge in [0, 0.05) is 12.6 Å². The summed E-state index contributed by atoms with van der Waals surface area (Å²) in [5, 5.41) is 2.49. The molecule has 1 aliphatic rings. The van der Waals surface area contributed by atoms with Crippen molar-refractivity contribution in [3.63, 3.8) is 0 Å². The van der Waals surface area contributed by atoms with E-state index in [2.05, 4.69) is 39.6 Å². The first-order chi connectivity index (χ1) is 10.4. The molecule has 3 nitrogen and oxygen atoms in total. The van der Waals surface area contributed by atoms with Gasteiger partial charge in [-0.3, -0.25) is 4.79 Å². The summed E-state index contributed by atoms with van der Waals surface area (Å²) in [6, 6.07) is -0.184. The highest BCUT2D eigenvalue weighted by Gasteiger charge is 2.13. The van der Waals surface area contributed by atoms with Crippen molar-refractivity contribution in [2.45, 2.75) is 72.8 Å². The molecule has 22 heavy (non-hydrogen) atoms. The molecule has 3 heteroatoms. The lowest BCUT2D eigenvalue weighted by Gasteiger charge is -2.22. The van der Waals surface area contributed by atoms with Crippen LogP contribution in [-0.4, -0.2) is 19.0 Å². The van der Waals surface area contributed by atoms with Gasteiger partial charge in [-0.25, -0.2) is 0 Å². The molecule has 0 radical (unpaired) electrons. The zero-order valence-corrected chi connectivity index (χ0v) is 15.4. The highest BCUT2D eigenvalue weighted by Crippen LogP contribution is 2.27. The molecule has 0 aromatic heterocycles. The molecule has 0 heterocycles. The van der Waals surface area contributed by atoms with Crippen molar-refractivity contribution in [2.24, 2.45) is 17.6 Å². The van der Waals surface area contributed by atoms with Crippen LogP contribution >= 0.6 is 0 Å². The Hall–Kier alpha value is -1.09. The zero-order valence-electron chi connectivity index (χ0n) is 15.4. The lowest BCUT2D eigenvalue weighted by Crippen LogP contribution is -2.33. The molecule has 1 rings (SSSR count). The fraction of sp³-hybridized carbons (Fsp3) is 0.737. The minimum atomic E-state index is -0.184. The van der Waals surface area contributed by atoms with Gasteiger partial charge >= 0.3 is 0 Å². The lowest BCUT2D eigenvalue weighted by atomic mass is 9.84. The summed E-state index contributed by atoms with van der Waals surface area (Å²) >= 11 is 0. The molecule has 3 unspecified atom stereocenters. The van der Waals surface area contributed by atoms with Crippen molar-refractivity contribution in [1.82, 2.24) is 5.32 Å². The third-order valence-corrected chi connectivity index (χ3v) is 3.48. The van der Waals surface area contributed by atoms with E-state index in [0.717, 1.165) is 17.4 Å². The SMILES string of the molecule is C=C(/C=C\C)C(N)CNC=O.CC1CCCC(C)C1.CCC. The van der Waals surface area contributed by atoms with Gasteiger partial charge in [-0.15, -0.1) is 0 Å². The molecule has 3 atom stereocenters. The summed E-state index contributed by atoms with van der Waals surface area (Å²) in [5.41, 5.74) is 6.44. The van der Waals surface area contributed by atoms with Gasteiger partial charge in [-0.05, 0) is 30.8 Å². The molecule has 1 amide bonds. The minimum absolute atomic E-state index is 0.184. The Morgan fingerprint density at radius 3 is 2.14 bits per heavy atom. The van der Waals surface area contributed by atoms with Gasteiger partial charge in [0.1, 0.15) is 0 Å². The summed E-state index contributed by atoms with van der Waals surface area (Å²) in [5.74, 6) is 2.03. The quantitative estimate of drug-likeness (QED) is 0.582. The zero-order chi connectivity index (χ0) is 17.4. The Bertz CT molecular complexity index is 292. The van der Waals surface area contributed by atoms with Crippen molar-refractivity contribution >= 4 is 6.41 Å². The highest BCUT2D eigenvalue weighted by molar-refractivity contribution is 5.46. The van der Waals surface area contributed by atoms with Crippen molar-refractivity contribution in [3.8, 4) is 0 Å². The second-order valence-corrected chi connectivity index (χ2v) is 6.29. The number of hydrogen-bond acceptors (Lipinski definition) is 2. The normalized spacial score (nSPS) is 21.7. The standard InChI is InChI=1S/C8H14N2O.C8H16.C3H8/c1-3-4-7(2)8(9)5-10-6-11;1-7-4-3-5-8(2)6-7;1-3-2/h3-4,6,8H,2,5,9H2,1H3,(H,10,11);7-8H,3-6H2,1-2H3;3H2,1-2H3/b4-3-;;. The van der Waals surface area contributed by atoms with E-state index in [4.69, 9.17) is 5.73 Å². The van der Waals surface area contributed by atoms with Crippen LogP contribution in [0, 0.1) is 11.8 Å². The van der Waals surface area contributed by atoms with Crippen molar-refractivity contribution < 1.29 is 4.79 Å². The second kappa shape index (κ2) is 16.3. The minimum Gasteiger partial charge on any atom is -0.357 e. The Kier molecular flexibility index (Phi) is 17.2. The van der Waals surface area contributed by atoms with E-state index in [1.54, 1.807) is 0 Å². The molecule has 0 aromatic rings. The van der Waals surface area contributed by atoms with Gasteiger partial charge in [0.2, 0.25) is 6.41 Å². The van der Waals surface area contributed by atoms with Crippen LogP contribution in [0.5, 0.6) is 0 Å². The number of hydrogen-bond donors (Lipinski definition) is 2. The molecular formula is C19H38N2O. The number of amides is 1. The first-order valence-electron chi connectivity index (χ1n) is 8.66. The summed E-state index contributed by atoms with van der Waals surface area (Å²) in [6.07, 6.45) is 11.5. The van der Waals surface area contributed by atoms with E-state index in [1.807, 2.05) is 19.1 Å². The fourth-order valence-electron chi connectivity index (χ4n) is 2.38. The maximum absolute atomic E-state index is 9.88. The summed E-state index contributed by atoms with van der Waals surface area (Å²) in [4.78, 5) is 9.88. The predicted molar refractivity (Wildman–Crippen MR) is 98.8 cm³/mol. The Morgan fingerprint density at radius 2 is 1.82 bits per heavy atom. The van der Waals surface area contributed by atoms with E-state index < -0.39 is 0 Å². The first-order valence-corrected chi connectivity index (χ1v) is 8.66. The summed E-state index contributed by atoms with van der Waals surface area (Å²) < 4.78 is 0. The third-order valence-electron chi connectivity index (χ3n) is 3.48. The van der Waals surface area contributed by atoms with Crippen LogP contribution in [-0.2, 0) is 4.79 Å². The van der Waals surface area contributed by atoms with Crippen LogP contribution in [0.15, 0.2) is 24.3 Å². The average molecular weight is 311 g/mol. The average Bonchev–Trinajstić information content (AvgIpc) is 2.46. The smallest absolute Gasteiger partial charge is 0.207 e. The third kappa shape index (κ3) is 15.3. The van der Waals surface area contributed by atoms with Gasteiger partial charge in [-0.1, -0.05) is 72.1 Å². The number of nitrogens with one attached hydrogen (secondary N) is 1. The van der Waals surface area contributed by atoms with Crippen LogP contribution in [0.1, 0.15) is 66.7 Å². The molecule has 0 saturated heterocycles. The largest absolute Gasteiger partial charge is 0.357 e. The number of carbonyl (C=O) groups excluding carboxylic acids is 1. The molecule has 0 aromatic carbocycles. The van der Waals surface area contributed by atoms with E-state index in [0.29, 0.717) is 13.0 Å². The van der Waals surface area contributed by atoms with Crippen LogP contribution in [0.2, 0.25) is 0 Å². The van der Waals surface area contributed by atoms with Crippen LogP contribution in [0.3, 0.4) is 0 Å². The lowest BCUT2D eigenvalue weighted by molar-refractivity contribution is -0.109. The molecule has 0 bridgehead atoms. The van der Waals surface area contributed by atoms with Crippen LogP contribution < -0.4 is 11.1 Å². The fourth-order valence-corrected chi connectivity index (χ4v) is 2.38. The molecule has 0 aliphatic heterocycles. The topological polar surface area (TPSA) is 55.1 Å². The van der Waals surface area contributed by atoms with Crippen molar-refractivity contribution in [2.75, 3.05) is 6.54 Å². The van der Waals surface area contributed by atoms with Crippen molar-refractivity contribution in [3.05, 3.63) is 24.3 Å². The van der Waals surface area contributed by atoms with Gasteiger partial charge in [0.05, 0.1) is 0 Å². The Balaban J connectivity index is 0. The first kappa shape index (κ1) is 23.2. The maximum atomic E-state index is 9.88. The number of nitrogens with two attached hydrogens (primary N) is 1. The molecular weight excluding hydrogens is 272 g/mol. The van der Waals surface area contributed by atoms with Gasteiger partial charge < -0.3 is 11.1 Å². The molecule has 3 N–H and O–H groups in total. The number of carbonyl (C=O) groups is 1.